The van der Waals surface area contributed by atoms with E-state index in [1.54, 1.807) is 6.07 Å². The van der Waals surface area contributed by atoms with Crippen LogP contribution in [0.25, 0.3) is 0 Å². The predicted octanol–water partition coefficient (Wildman–Crippen LogP) is 4.83. The third-order valence-electron chi connectivity index (χ3n) is 3.42. The maximum absolute atomic E-state index is 13.7. The summed E-state index contributed by atoms with van der Waals surface area (Å²) in [5.41, 5.74) is 1.93. The minimum Gasteiger partial charge on any atom is -0.456 e. The third kappa shape index (κ3) is 3.96. The Morgan fingerprint density at radius 3 is 2.76 bits per heavy atom. The van der Waals surface area contributed by atoms with Crippen LogP contribution in [0.1, 0.15) is 24.0 Å². The van der Waals surface area contributed by atoms with Crippen molar-refractivity contribution in [3.8, 4) is 11.5 Å². The largest absolute Gasteiger partial charge is 0.456 e. The Hall–Kier alpha value is -1.58. The van der Waals surface area contributed by atoms with Crippen molar-refractivity contribution < 1.29 is 9.13 Å². The molecule has 110 valence electrons. The molecule has 0 atom stereocenters. The lowest BCUT2D eigenvalue weighted by molar-refractivity contribution is 0.475. The number of aryl methyl sites for hydroxylation is 1. The van der Waals surface area contributed by atoms with Crippen LogP contribution in [0, 0.1) is 12.7 Å². The second-order valence-electron chi connectivity index (χ2n) is 5.49. The number of ether oxygens (including phenoxy) is 1. The fourth-order valence-corrected chi connectivity index (χ4v) is 2.42. The van der Waals surface area contributed by atoms with Gasteiger partial charge in [0, 0.05) is 18.7 Å². The molecule has 0 saturated heterocycles. The molecule has 0 unspecified atom stereocenters. The van der Waals surface area contributed by atoms with E-state index < -0.39 is 0 Å². The summed E-state index contributed by atoms with van der Waals surface area (Å²) in [6.45, 7) is 2.61. The second-order valence-corrected chi connectivity index (χ2v) is 5.89. The Kier molecular flexibility index (Phi) is 4.13. The molecule has 0 heterocycles. The Bertz CT molecular complexity index is 655. The van der Waals surface area contributed by atoms with Gasteiger partial charge in [-0.1, -0.05) is 17.7 Å². The normalized spacial score (nSPS) is 14.2. The summed E-state index contributed by atoms with van der Waals surface area (Å²) in [7, 11) is 0. The van der Waals surface area contributed by atoms with Crippen molar-refractivity contribution >= 4 is 11.6 Å². The molecule has 1 fully saturated rings. The van der Waals surface area contributed by atoms with Gasteiger partial charge in [0.25, 0.3) is 0 Å². The lowest BCUT2D eigenvalue weighted by Gasteiger charge is -2.10. The molecule has 4 heteroatoms. The van der Waals surface area contributed by atoms with Crippen LogP contribution in [-0.4, -0.2) is 6.04 Å². The van der Waals surface area contributed by atoms with E-state index in [1.807, 2.05) is 25.1 Å². The van der Waals surface area contributed by atoms with Gasteiger partial charge in [0.15, 0.2) is 0 Å². The first-order valence-electron chi connectivity index (χ1n) is 7.07. The van der Waals surface area contributed by atoms with Crippen LogP contribution in [0.3, 0.4) is 0 Å². The molecule has 3 rings (SSSR count). The number of nitrogens with one attached hydrogen (secondary N) is 1. The van der Waals surface area contributed by atoms with E-state index in [9.17, 15) is 4.39 Å². The maximum atomic E-state index is 13.7. The van der Waals surface area contributed by atoms with Gasteiger partial charge < -0.3 is 10.1 Å². The van der Waals surface area contributed by atoms with Crippen molar-refractivity contribution in [2.45, 2.75) is 32.4 Å². The minimum absolute atomic E-state index is 0.302. The zero-order chi connectivity index (χ0) is 14.8. The second kappa shape index (κ2) is 6.04. The molecule has 1 N–H and O–H groups in total. The first kappa shape index (κ1) is 14.4. The van der Waals surface area contributed by atoms with Crippen LogP contribution < -0.4 is 10.1 Å². The molecule has 0 amide bonds. The summed E-state index contributed by atoms with van der Waals surface area (Å²) >= 11 is 6.14. The first-order chi connectivity index (χ1) is 10.1. The molecule has 2 aromatic rings. The Morgan fingerprint density at radius 1 is 1.24 bits per heavy atom. The molecule has 1 aliphatic rings. The van der Waals surface area contributed by atoms with Crippen molar-refractivity contribution in [2.24, 2.45) is 0 Å². The van der Waals surface area contributed by atoms with Crippen molar-refractivity contribution in [1.82, 2.24) is 5.32 Å². The molecule has 2 nitrogen and oxygen atoms in total. The quantitative estimate of drug-likeness (QED) is 0.854. The summed E-state index contributed by atoms with van der Waals surface area (Å²) in [4.78, 5) is 0. The fourth-order valence-electron chi connectivity index (χ4n) is 2.15. The van der Waals surface area contributed by atoms with Crippen LogP contribution >= 0.6 is 11.6 Å². The van der Waals surface area contributed by atoms with Crippen molar-refractivity contribution in [2.75, 3.05) is 0 Å². The molecule has 0 spiro atoms. The van der Waals surface area contributed by atoms with E-state index in [0.29, 0.717) is 29.1 Å². The molecule has 0 radical (unpaired) electrons. The van der Waals surface area contributed by atoms with Crippen LogP contribution in [0.15, 0.2) is 36.4 Å². The molecule has 21 heavy (non-hydrogen) atoms. The van der Waals surface area contributed by atoms with Gasteiger partial charge in [-0.25, -0.2) is 4.39 Å². The van der Waals surface area contributed by atoms with E-state index in [-0.39, 0.29) is 5.82 Å². The average molecular weight is 306 g/mol. The highest BCUT2D eigenvalue weighted by atomic mass is 35.5. The molecule has 0 bridgehead atoms. The van der Waals surface area contributed by atoms with Crippen LogP contribution in [0.2, 0.25) is 5.02 Å². The first-order valence-corrected chi connectivity index (χ1v) is 7.45. The van der Waals surface area contributed by atoms with Crippen LogP contribution in [-0.2, 0) is 6.54 Å². The Labute approximate surface area is 128 Å². The van der Waals surface area contributed by atoms with Gasteiger partial charge in [-0.3, -0.25) is 0 Å². The molecule has 0 aromatic heterocycles. The number of hydrogen-bond acceptors (Lipinski definition) is 2. The highest BCUT2D eigenvalue weighted by Gasteiger charge is 2.20. The molecular formula is C17H17ClFNO. The number of rotatable bonds is 5. The zero-order valence-electron chi connectivity index (χ0n) is 11.8. The van der Waals surface area contributed by atoms with E-state index >= 15 is 0 Å². The lowest BCUT2D eigenvalue weighted by atomic mass is 10.2. The summed E-state index contributed by atoms with van der Waals surface area (Å²) in [6, 6.07) is 10.9. The summed E-state index contributed by atoms with van der Waals surface area (Å²) in [5.74, 6) is 0.700. The summed E-state index contributed by atoms with van der Waals surface area (Å²) in [5, 5.41) is 3.89. The topological polar surface area (TPSA) is 21.3 Å². The van der Waals surface area contributed by atoms with Gasteiger partial charge in [-0.05, 0) is 55.2 Å². The van der Waals surface area contributed by atoms with Crippen LogP contribution in [0.5, 0.6) is 11.5 Å². The smallest absolute Gasteiger partial charge is 0.146 e. The van der Waals surface area contributed by atoms with Gasteiger partial charge in [-0.15, -0.1) is 0 Å². The predicted molar refractivity (Wildman–Crippen MR) is 82.5 cm³/mol. The van der Waals surface area contributed by atoms with Crippen molar-refractivity contribution in [3.63, 3.8) is 0 Å². The van der Waals surface area contributed by atoms with E-state index in [1.165, 1.54) is 25.0 Å². The van der Waals surface area contributed by atoms with E-state index in [4.69, 9.17) is 16.3 Å². The SMILES string of the molecule is Cc1ccc(Oc2cc(F)cc(CNC3CC3)c2)c(Cl)c1. The van der Waals surface area contributed by atoms with Crippen LogP contribution in [0.4, 0.5) is 4.39 Å². The van der Waals surface area contributed by atoms with Gasteiger partial charge in [-0.2, -0.15) is 0 Å². The van der Waals surface area contributed by atoms with Crippen molar-refractivity contribution in [1.29, 1.82) is 0 Å². The van der Waals surface area contributed by atoms with Gasteiger partial charge in [0.2, 0.25) is 0 Å². The molecule has 0 aliphatic heterocycles. The highest BCUT2D eigenvalue weighted by molar-refractivity contribution is 6.32. The summed E-state index contributed by atoms with van der Waals surface area (Å²) in [6.07, 6.45) is 2.41. The third-order valence-corrected chi connectivity index (χ3v) is 3.71. The van der Waals surface area contributed by atoms with Gasteiger partial charge >= 0.3 is 0 Å². The van der Waals surface area contributed by atoms with E-state index in [0.717, 1.165) is 11.1 Å². The number of hydrogen-bond donors (Lipinski definition) is 1. The van der Waals surface area contributed by atoms with Gasteiger partial charge in [0.05, 0.1) is 5.02 Å². The van der Waals surface area contributed by atoms with E-state index in [2.05, 4.69) is 5.32 Å². The monoisotopic (exact) mass is 305 g/mol. The highest BCUT2D eigenvalue weighted by Crippen LogP contribution is 2.31. The number of halogens is 2. The van der Waals surface area contributed by atoms with Gasteiger partial charge in [0.1, 0.15) is 17.3 Å². The fraction of sp³-hybridized carbons (Fsp3) is 0.294. The van der Waals surface area contributed by atoms with Crippen molar-refractivity contribution in [3.05, 3.63) is 58.4 Å². The standard InChI is InChI=1S/C17H17ClFNO/c1-11-2-5-17(16(18)6-11)21-15-8-12(7-13(19)9-15)10-20-14-3-4-14/h2,5-9,14,20H,3-4,10H2,1H3. The molecule has 1 saturated carbocycles. The average Bonchev–Trinajstić information content (AvgIpc) is 3.23. The number of benzene rings is 2. The molecule has 1 aliphatic carbocycles. The molecule has 2 aromatic carbocycles. The zero-order valence-corrected chi connectivity index (χ0v) is 12.6. The minimum atomic E-state index is -0.302. The molecular weight excluding hydrogens is 289 g/mol. The maximum Gasteiger partial charge on any atom is 0.146 e. The Morgan fingerprint density at radius 2 is 2.05 bits per heavy atom. The summed E-state index contributed by atoms with van der Waals surface area (Å²) < 4.78 is 19.4. The Balaban J connectivity index is 1.77. The lowest BCUT2D eigenvalue weighted by Crippen LogP contribution is -2.15.